The molecule has 1 heterocycles. The molecule has 2 aromatic rings. The smallest absolute Gasteiger partial charge is 0.231 e. The van der Waals surface area contributed by atoms with Crippen LogP contribution in [0.25, 0.3) is 0 Å². The van der Waals surface area contributed by atoms with Gasteiger partial charge in [0.1, 0.15) is 0 Å². The minimum atomic E-state index is -0.507. The molecule has 0 saturated heterocycles. The maximum Gasteiger partial charge on any atom is 0.231 e. The molecule has 0 unspecified atom stereocenters. The fourth-order valence-electron chi connectivity index (χ4n) is 1.87. The Morgan fingerprint density at radius 2 is 1.82 bits per heavy atom. The molecule has 1 atom stereocenters. The molecule has 0 spiro atoms. The van der Waals surface area contributed by atoms with Gasteiger partial charge in [0.25, 0.3) is 0 Å². The number of ketones is 1. The van der Waals surface area contributed by atoms with Crippen molar-refractivity contribution in [1.29, 1.82) is 0 Å². The van der Waals surface area contributed by atoms with Crippen molar-refractivity contribution < 1.29 is 9.59 Å². The zero-order valence-electron chi connectivity index (χ0n) is 12.2. The molecule has 0 aliphatic carbocycles. The Balaban J connectivity index is 1.88. The summed E-state index contributed by atoms with van der Waals surface area (Å²) >= 11 is 1.24. The molecule has 0 aliphatic rings. The molecule has 6 heteroatoms. The molecule has 1 aromatic carbocycles. The van der Waals surface area contributed by atoms with Crippen molar-refractivity contribution in [1.82, 2.24) is 15.3 Å². The summed E-state index contributed by atoms with van der Waals surface area (Å²) in [6, 6.07) is 10.8. The highest BCUT2D eigenvalue weighted by atomic mass is 32.2. The first-order valence-electron chi connectivity index (χ1n) is 6.88. The number of carbonyl (C=O) groups is 2. The van der Waals surface area contributed by atoms with Crippen LogP contribution in [0.15, 0.2) is 53.9 Å². The monoisotopic (exact) mass is 315 g/mol. The number of benzene rings is 1. The van der Waals surface area contributed by atoms with E-state index >= 15 is 0 Å². The highest BCUT2D eigenvalue weighted by Gasteiger charge is 2.17. The van der Waals surface area contributed by atoms with Crippen LogP contribution in [0.4, 0.5) is 0 Å². The number of aromatic nitrogens is 2. The molecular formula is C16H17N3O2S. The van der Waals surface area contributed by atoms with E-state index in [1.54, 1.807) is 18.5 Å². The molecule has 0 aliphatic heterocycles. The summed E-state index contributed by atoms with van der Waals surface area (Å²) in [5, 5.41) is 3.31. The number of thioether (sulfide) groups is 1. The van der Waals surface area contributed by atoms with Crippen LogP contribution >= 0.6 is 11.8 Å². The molecular weight excluding hydrogens is 298 g/mol. The van der Waals surface area contributed by atoms with E-state index in [2.05, 4.69) is 15.3 Å². The van der Waals surface area contributed by atoms with Gasteiger partial charge in [-0.05, 0) is 25.0 Å². The van der Waals surface area contributed by atoms with E-state index in [0.29, 0.717) is 11.6 Å². The lowest BCUT2D eigenvalue weighted by atomic mass is 10.0. The summed E-state index contributed by atoms with van der Waals surface area (Å²) in [6.45, 7) is 1.49. The van der Waals surface area contributed by atoms with Gasteiger partial charge in [0, 0.05) is 12.4 Å². The second-order valence-corrected chi connectivity index (χ2v) is 5.68. The van der Waals surface area contributed by atoms with Gasteiger partial charge >= 0.3 is 0 Å². The van der Waals surface area contributed by atoms with Gasteiger partial charge in [0.05, 0.1) is 11.8 Å². The molecule has 114 valence electrons. The predicted molar refractivity (Wildman–Crippen MR) is 85.5 cm³/mol. The van der Waals surface area contributed by atoms with Crippen LogP contribution in [-0.4, -0.2) is 33.5 Å². The molecule has 0 radical (unpaired) electrons. The third-order valence-electron chi connectivity index (χ3n) is 2.98. The summed E-state index contributed by atoms with van der Waals surface area (Å²) in [4.78, 5) is 31.8. The van der Waals surface area contributed by atoms with Gasteiger partial charge in [0.2, 0.25) is 5.91 Å². The molecule has 22 heavy (non-hydrogen) atoms. The standard InChI is InChI=1S/C16H17N3O2S/c1-12(20)14(10-13-6-3-2-4-7-13)19-15(21)11-22-16-17-8-5-9-18-16/h2-9,14H,10-11H2,1H3,(H,19,21)/t14-/m0/s1. The quantitative estimate of drug-likeness (QED) is 0.624. The average molecular weight is 315 g/mol. The van der Waals surface area contributed by atoms with E-state index in [0.717, 1.165) is 5.56 Å². The Labute approximate surface area is 133 Å². The summed E-state index contributed by atoms with van der Waals surface area (Å²) < 4.78 is 0. The van der Waals surface area contributed by atoms with Gasteiger partial charge in [-0.3, -0.25) is 9.59 Å². The summed E-state index contributed by atoms with van der Waals surface area (Å²) in [7, 11) is 0. The number of rotatable bonds is 7. The van der Waals surface area contributed by atoms with E-state index < -0.39 is 6.04 Å². The number of carbonyl (C=O) groups excluding carboxylic acids is 2. The fourth-order valence-corrected chi connectivity index (χ4v) is 2.49. The number of hydrogen-bond acceptors (Lipinski definition) is 5. The maximum atomic E-state index is 12.0. The fraction of sp³-hybridized carbons (Fsp3) is 0.250. The van der Waals surface area contributed by atoms with Gasteiger partial charge < -0.3 is 5.32 Å². The number of nitrogens with one attached hydrogen (secondary N) is 1. The van der Waals surface area contributed by atoms with Crippen LogP contribution in [0, 0.1) is 0 Å². The lowest BCUT2D eigenvalue weighted by molar-refractivity contribution is -0.125. The van der Waals surface area contributed by atoms with Crippen molar-refractivity contribution in [3.8, 4) is 0 Å². The summed E-state index contributed by atoms with van der Waals surface area (Å²) in [5.74, 6) is -0.0745. The maximum absolute atomic E-state index is 12.0. The molecule has 0 bridgehead atoms. The van der Waals surface area contributed by atoms with Crippen LogP contribution in [0.5, 0.6) is 0 Å². The molecule has 0 fully saturated rings. The lowest BCUT2D eigenvalue weighted by Gasteiger charge is -2.15. The van der Waals surface area contributed by atoms with Crippen molar-refractivity contribution in [2.75, 3.05) is 5.75 Å². The Kier molecular flexibility index (Phi) is 6.09. The molecule has 1 amide bonds. The number of nitrogens with zero attached hydrogens (tertiary/aromatic N) is 2. The van der Waals surface area contributed by atoms with Crippen molar-refractivity contribution in [3.05, 3.63) is 54.4 Å². The van der Waals surface area contributed by atoms with Crippen LogP contribution in [0.3, 0.4) is 0 Å². The Morgan fingerprint density at radius 1 is 1.14 bits per heavy atom. The van der Waals surface area contributed by atoms with Crippen LogP contribution in [0.1, 0.15) is 12.5 Å². The molecule has 0 saturated carbocycles. The Hall–Kier alpha value is -2.21. The van der Waals surface area contributed by atoms with Gasteiger partial charge in [-0.15, -0.1) is 0 Å². The van der Waals surface area contributed by atoms with Gasteiger partial charge in [0.15, 0.2) is 10.9 Å². The van der Waals surface area contributed by atoms with E-state index in [1.807, 2.05) is 30.3 Å². The topological polar surface area (TPSA) is 72.0 Å². The van der Waals surface area contributed by atoms with Gasteiger partial charge in [-0.2, -0.15) is 0 Å². The summed E-state index contributed by atoms with van der Waals surface area (Å²) in [6.07, 6.45) is 3.75. The van der Waals surface area contributed by atoms with Crippen molar-refractivity contribution >= 4 is 23.5 Å². The second kappa shape index (κ2) is 8.29. The Morgan fingerprint density at radius 3 is 2.45 bits per heavy atom. The third kappa shape index (κ3) is 5.29. The highest BCUT2D eigenvalue weighted by molar-refractivity contribution is 7.99. The Bertz CT molecular complexity index is 620. The normalized spacial score (nSPS) is 11.7. The zero-order valence-corrected chi connectivity index (χ0v) is 13.0. The zero-order chi connectivity index (χ0) is 15.8. The number of hydrogen-bond donors (Lipinski definition) is 1. The third-order valence-corrected chi connectivity index (χ3v) is 3.86. The van der Waals surface area contributed by atoms with Crippen LogP contribution < -0.4 is 5.32 Å². The lowest BCUT2D eigenvalue weighted by Crippen LogP contribution is -2.42. The van der Waals surface area contributed by atoms with Crippen molar-refractivity contribution in [3.63, 3.8) is 0 Å². The first-order chi connectivity index (χ1) is 10.6. The van der Waals surface area contributed by atoms with E-state index in [4.69, 9.17) is 0 Å². The van der Waals surface area contributed by atoms with E-state index in [9.17, 15) is 9.59 Å². The minimum absolute atomic E-state index is 0.0573. The van der Waals surface area contributed by atoms with Crippen LogP contribution in [-0.2, 0) is 16.0 Å². The van der Waals surface area contributed by atoms with E-state index in [-0.39, 0.29) is 17.4 Å². The molecule has 5 nitrogen and oxygen atoms in total. The van der Waals surface area contributed by atoms with Crippen molar-refractivity contribution in [2.24, 2.45) is 0 Å². The molecule has 2 rings (SSSR count). The second-order valence-electron chi connectivity index (χ2n) is 4.74. The molecule has 1 N–H and O–H groups in total. The SMILES string of the molecule is CC(=O)[C@H](Cc1ccccc1)NC(=O)CSc1ncccn1. The first kappa shape index (κ1) is 16.2. The highest BCUT2D eigenvalue weighted by Crippen LogP contribution is 2.10. The van der Waals surface area contributed by atoms with Crippen LogP contribution in [0.2, 0.25) is 0 Å². The number of amides is 1. The minimum Gasteiger partial charge on any atom is -0.345 e. The summed E-state index contributed by atoms with van der Waals surface area (Å²) in [5.41, 5.74) is 1.02. The molecule has 1 aromatic heterocycles. The van der Waals surface area contributed by atoms with Gasteiger partial charge in [-0.25, -0.2) is 9.97 Å². The average Bonchev–Trinajstić information content (AvgIpc) is 2.54. The van der Waals surface area contributed by atoms with Crippen molar-refractivity contribution in [2.45, 2.75) is 24.5 Å². The van der Waals surface area contributed by atoms with E-state index in [1.165, 1.54) is 18.7 Å². The van der Waals surface area contributed by atoms with Gasteiger partial charge in [-0.1, -0.05) is 42.1 Å². The largest absolute Gasteiger partial charge is 0.345 e. The first-order valence-corrected chi connectivity index (χ1v) is 7.87. The number of Topliss-reactive ketones (excluding diaryl/α,β-unsaturated/α-hetero) is 1. The predicted octanol–water partition coefficient (Wildman–Crippen LogP) is 1.89.